The second-order valence-corrected chi connectivity index (χ2v) is 5.87. The van der Waals surface area contributed by atoms with Crippen LogP contribution in [0.2, 0.25) is 0 Å². The smallest absolute Gasteiger partial charge is 0.0726 e. The van der Waals surface area contributed by atoms with Gasteiger partial charge < -0.3 is 10.5 Å². The van der Waals surface area contributed by atoms with E-state index >= 15 is 0 Å². The quantitative estimate of drug-likeness (QED) is 0.899. The fraction of sp³-hybridized carbons (Fsp3) is 0.368. The van der Waals surface area contributed by atoms with Crippen LogP contribution in [0.5, 0.6) is 0 Å². The van der Waals surface area contributed by atoms with Crippen molar-refractivity contribution >= 4 is 0 Å². The molecule has 3 rings (SSSR count). The third-order valence-electron chi connectivity index (χ3n) is 4.40. The molecule has 2 aromatic rings. The van der Waals surface area contributed by atoms with Gasteiger partial charge in [-0.25, -0.2) is 0 Å². The minimum atomic E-state index is 0.377. The number of nitrogens with two attached hydrogens (primary N) is 1. The summed E-state index contributed by atoms with van der Waals surface area (Å²) in [5, 5.41) is 0. The lowest BCUT2D eigenvalue weighted by Crippen LogP contribution is -2.14. The number of rotatable bonds is 5. The fourth-order valence-electron chi connectivity index (χ4n) is 3.15. The van der Waals surface area contributed by atoms with Crippen molar-refractivity contribution in [3.63, 3.8) is 0 Å². The van der Waals surface area contributed by atoms with E-state index in [0.717, 1.165) is 19.4 Å². The largest absolute Gasteiger partial charge is 0.374 e. The average Bonchev–Trinajstić information content (AvgIpc) is 3.02. The van der Waals surface area contributed by atoms with Crippen LogP contribution < -0.4 is 5.73 Å². The molecule has 0 saturated heterocycles. The normalized spacial score (nSPS) is 21.6. The van der Waals surface area contributed by atoms with Crippen LogP contribution in [0.1, 0.15) is 24.8 Å². The second kappa shape index (κ2) is 6.88. The van der Waals surface area contributed by atoms with Gasteiger partial charge in [0.25, 0.3) is 0 Å². The van der Waals surface area contributed by atoms with Crippen molar-refractivity contribution in [1.29, 1.82) is 0 Å². The third-order valence-corrected chi connectivity index (χ3v) is 4.40. The van der Waals surface area contributed by atoms with Gasteiger partial charge in [0.1, 0.15) is 0 Å². The van der Waals surface area contributed by atoms with E-state index in [4.69, 9.17) is 10.5 Å². The van der Waals surface area contributed by atoms with E-state index in [1.807, 2.05) is 6.07 Å². The van der Waals surface area contributed by atoms with Crippen molar-refractivity contribution in [2.75, 3.05) is 6.54 Å². The molecule has 2 N–H and O–H groups in total. The maximum atomic E-state index is 6.13. The second-order valence-electron chi connectivity index (χ2n) is 5.87. The van der Waals surface area contributed by atoms with Crippen molar-refractivity contribution in [2.24, 2.45) is 11.7 Å². The topological polar surface area (TPSA) is 35.2 Å². The van der Waals surface area contributed by atoms with Gasteiger partial charge in [0, 0.05) is 0 Å². The van der Waals surface area contributed by atoms with Crippen LogP contribution in [-0.2, 0) is 11.3 Å². The van der Waals surface area contributed by atoms with Crippen LogP contribution in [0.25, 0.3) is 11.1 Å². The van der Waals surface area contributed by atoms with E-state index in [-0.39, 0.29) is 0 Å². The van der Waals surface area contributed by atoms with E-state index in [2.05, 4.69) is 48.5 Å². The molecule has 0 spiro atoms. The molecule has 0 amide bonds. The lowest BCUT2D eigenvalue weighted by molar-refractivity contribution is 0.0434. The summed E-state index contributed by atoms with van der Waals surface area (Å²) in [6.07, 6.45) is 3.85. The van der Waals surface area contributed by atoms with Crippen molar-refractivity contribution in [2.45, 2.75) is 32.0 Å². The van der Waals surface area contributed by atoms with Gasteiger partial charge in [-0.2, -0.15) is 0 Å². The summed E-state index contributed by atoms with van der Waals surface area (Å²) in [5.74, 6) is 0.652. The molecule has 1 aliphatic carbocycles. The molecule has 1 saturated carbocycles. The maximum absolute atomic E-state index is 6.13. The molecular formula is C19H23NO. The monoisotopic (exact) mass is 281 g/mol. The standard InChI is InChI=1S/C19H23NO/c20-13-15-10-11-18(12-15)21-14-17-8-4-5-9-19(17)16-6-2-1-3-7-16/h1-9,15,18H,10-14,20H2/t15-,18-/m0/s1. The Labute approximate surface area is 126 Å². The minimum absolute atomic E-state index is 0.377. The van der Waals surface area contributed by atoms with Crippen LogP contribution in [-0.4, -0.2) is 12.6 Å². The molecule has 0 unspecified atom stereocenters. The summed E-state index contributed by atoms with van der Waals surface area (Å²) in [6.45, 7) is 1.48. The Hall–Kier alpha value is -1.64. The summed E-state index contributed by atoms with van der Waals surface area (Å²) in [6, 6.07) is 19.0. The molecule has 0 aromatic heterocycles. The van der Waals surface area contributed by atoms with Crippen molar-refractivity contribution < 1.29 is 4.74 Å². The SMILES string of the molecule is NC[C@H]1CC[C@H](OCc2ccccc2-c2ccccc2)C1. The zero-order valence-corrected chi connectivity index (χ0v) is 12.4. The maximum Gasteiger partial charge on any atom is 0.0726 e. The van der Waals surface area contributed by atoms with Gasteiger partial charge in [-0.15, -0.1) is 0 Å². The molecule has 2 aromatic carbocycles. The molecule has 2 atom stereocenters. The number of hydrogen-bond acceptors (Lipinski definition) is 2. The van der Waals surface area contributed by atoms with Crippen LogP contribution >= 0.6 is 0 Å². The van der Waals surface area contributed by atoms with Crippen LogP contribution in [0.15, 0.2) is 54.6 Å². The molecule has 2 heteroatoms. The molecule has 0 bridgehead atoms. The summed E-state index contributed by atoms with van der Waals surface area (Å²) < 4.78 is 6.13. The van der Waals surface area contributed by atoms with Gasteiger partial charge in [0.15, 0.2) is 0 Å². The Morgan fingerprint density at radius 2 is 1.71 bits per heavy atom. The van der Waals surface area contributed by atoms with Crippen LogP contribution in [0.4, 0.5) is 0 Å². The van der Waals surface area contributed by atoms with Crippen molar-refractivity contribution in [3.05, 3.63) is 60.2 Å². The van der Waals surface area contributed by atoms with E-state index in [1.165, 1.54) is 23.1 Å². The number of benzene rings is 2. The molecule has 0 radical (unpaired) electrons. The van der Waals surface area contributed by atoms with Gasteiger partial charge in [0.05, 0.1) is 12.7 Å². The first-order chi connectivity index (χ1) is 10.4. The molecular weight excluding hydrogens is 258 g/mol. The summed E-state index contributed by atoms with van der Waals surface area (Å²) in [5.41, 5.74) is 9.53. The zero-order valence-electron chi connectivity index (χ0n) is 12.4. The average molecular weight is 281 g/mol. The summed E-state index contributed by atoms with van der Waals surface area (Å²) in [7, 11) is 0. The van der Waals surface area contributed by atoms with Crippen molar-refractivity contribution in [3.8, 4) is 11.1 Å². The first-order valence-corrected chi connectivity index (χ1v) is 7.82. The number of ether oxygens (including phenoxy) is 1. The van der Waals surface area contributed by atoms with Gasteiger partial charge in [-0.05, 0) is 48.4 Å². The Morgan fingerprint density at radius 1 is 0.952 bits per heavy atom. The third kappa shape index (κ3) is 3.52. The van der Waals surface area contributed by atoms with Gasteiger partial charge in [0.2, 0.25) is 0 Å². The van der Waals surface area contributed by atoms with Gasteiger partial charge in [-0.3, -0.25) is 0 Å². The van der Waals surface area contributed by atoms with Crippen LogP contribution in [0, 0.1) is 5.92 Å². The molecule has 1 aliphatic rings. The Balaban J connectivity index is 1.69. The summed E-state index contributed by atoms with van der Waals surface area (Å²) in [4.78, 5) is 0. The fourth-order valence-corrected chi connectivity index (χ4v) is 3.15. The predicted molar refractivity (Wildman–Crippen MR) is 86.9 cm³/mol. The highest BCUT2D eigenvalue weighted by molar-refractivity contribution is 5.66. The molecule has 110 valence electrons. The number of hydrogen-bond donors (Lipinski definition) is 1. The lowest BCUT2D eigenvalue weighted by Gasteiger charge is -2.15. The van der Waals surface area contributed by atoms with E-state index in [9.17, 15) is 0 Å². The zero-order chi connectivity index (χ0) is 14.5. The molecule has 21 heavy (non-hydrogen) atoms. The first kappa shape index (κ1) is 14.3. The highest BCUT2D eigenvalue weighted by atomic mass is 16.5. The lowest BCUT2D eigenvalue weighted by atomic mass is 10.0. The first-order valence-electron chi connectivity index (χ1n) is 7.82. The van der Waals surface area contributed by atoms with Crippen molar-refractivity contribution in [1.82, 2.24) is 0 Å². The van der Waals surface area contributed by atoms with E-state index < -0.39 is 0 Å². The molecule has 0 aliphatic heterocycles. The Bertz CT molecular complexity index is 567. The Kier molecular flexibility index (Phi) is 4.69. The van der Waals surface area contributed by atoms with E-state index in [1.54, 1.807) is 0 Å². The highest BCUT2D eigenvalue weighted by Gasteiger charge is 2.24. The predicted octanol–water partition coefficient (Wildman–Crippen LogP) is 4.00. The summed E-state index contributed by atoms with van der Waals surface area (Å²) >= 11 is 0. The molecule has 0 heterocycles. The van der Waals surface area contributed by atoms with Gasteiger partial charge >= 0.3 is 0 Å². The minimum Gasteiger partial charge on any atom is -0.374 e. The highest BCUT2D eigenvalue weighted by Crippen LogP contribution is 2.29. The van der Waals surface area contributed by atoms with Crippen LogP contribution in [0.3, 0.4) is 0 Å². The molecule has 1 fully saturated rings. The Morgan fingerprint density at radius 3 is 2.48 bits per heavy atom. The van der Waals surface area contributed by atoms with E-state index in [0.29, 0.717) is 18.6 Å². The molecule has 2 nitrogen and oxygen atoms in total. The van der Waals surface area contributed by atoms with Gasteiger partial charge in [-0.1, -0.05) is 54.6 Å².